The third kappa shape index (κ3) is 4.73. The number of benzene rings is 1. The molecular weight excluding hydrogens is 292 g/mol. The van der Waals surface area contributed by atoms with Crippen molar-refractivity contribution >= 4 is 22.0 Å². The number of nitro groups is 1. The number of thiophene rings is 1. The summed E-state index contributed by atoms with van der Waals surface area (Å²) in [6.45, 7) is 1.57. The molecule has 0 unspecified atom stereocenters. The van der Waals surface area contributed by atoms with Gasteiger partial charge in [-0.15, -0.1) is 0 Å². The molecule has 2 aromatic rings. The Morgan fingerprint density at radius 1 is 1.33 bits per heavy atom. The lowest BCUT2D eigenvalue weighted by atomic mass is 10.2. The van der Waals surface area contributed by atoms with E-state index in [-0.39, 0.29) is 9.92 Å². The Bertz CT molecular complexity index is 600. The Morgan fingerprint density at radius 2 is 2.19 bits per heavy atom. The van der Waals surface area contributed by atoms with E-state index in [1.54, 1.807) is 18.6 Å². The van der Waals surface area contributed by atoms with Crippen molar-refractivity contribution in [1.82, 2.24) is 0 Å². The monoisotopic (exact) mass is 308 g/mol. The zero-order valence-corrected chi connectivity index (χ0v) is 12.4. The van der Waals surface area contributed by atoms with E-state index in [1.165, 1.54) is 0 Å². The van der Waals surface area contributed by atoms with Crippen LogP contribution in [0.4, 0.5) is 10.7 Å². The maximum absolute atomic E-state index is 10.6. The number of rotatable bonds is 8. The van der Waals surface area contributed by atoms with Crippen LogP contribution < -0.4 is 10.1 Å². The summed E-state index contributed by atoms with van der Waals surface area (Å²) in [6.07, 6.45) is 0. The minimum absolute atomic E-state index is 0.156. The van der Waals surface area contributed by atoms with E-state index >= 15 is 0 Å². The van der Waals surface area contributed by atoms with Gasteiger partial charge in [0, 0.05) is 36.9 Å². The van der Waals surface area contributed by atoms with Crippen molar-refractivity contribution in [3.05, 3.63) is 51.4 Å². The van der Waals surface area contributed by atoms with E-state index in [2.05, 4.69) is 5.32 Å². The average Bonchev–Trinajstić information content (AvgIpc) is 2.95. The number of methoxy groups -OCH3 is 1. The summed E-state index contributed by atoms with van der Waals surface area (Å²) in [6, 6.07) is 9.15. The molecule has 7 heteroatoms. The topological polar surface area (TPSA) is 73.6 Å². The van der Waals surface area contributed by atoms with Crippen molar-refractivity contribution in [2.75, 3.05) is 25.6 Å². The highest BCUT2D eigenvalue weighted by Crippen LogP contribution is 2.24. The summed E-state index contributed by atoms with van der Waals surface area (Å²) in [5.41, 5.74) is 1.79. The third-order valence-corrected chi connectivity index (χ3v) is 3.64. The average molecular weight is 308 g/mol. The molecule has 1 aromatic carbocycles. The molecule has 0 spiro atoms. The van der Waals surface area contributed by atoms with Gasteiger partial charge >= 0.3 is 5.00 Å². The third-order valence-electron chi connectivity index (χ3n) is 2.71. The minimum Gasteiger partial charge on any atom is -0.491 e. The first-order valence-electron chi connectivity index (χ1n) is 6.36. The zero-order valence-electron chi connectivity index (χ0n) is 11.6. The second kappa shape index (κ2) is 7.61. The molecule has 21 heavy (non-hydrogen) atoms. The van der Waals surface area contributed by atoms with E-state index in [1.807, 2.05) is 24.3 Å². The van der Waals surface area contributed by atoms with Crippen molar-refractivity contribution in [1.29, 1.82) is 0 Å². The van der Waals surface area contributed by atoms with Gasteiger partial charge in [-0.2, -0.15) is 0 Å². The van der Waals surface area contributed by atoms with Gasteiger partial charge in [0.05, 0.1) is 11.5 Å². The zero-order chi connectivity index (χ0) is 15.1. The van der Waals surface area contributed by atoms with Gasteiger partial charge in [0.1, 0.15) is 12.4 Å². The van der Waals surface area contributed by atoms with Gasteiger partial charge in [-0.05, 0) is 17.7 Å². The molecule has 0 saturated carbocycles. The quantitative estimate of drug-likeness (QED) is 0.460. The Morgan fingerprint density at radius 3 is 2.90 bits per heavy atom. The predicted octanol–water partition coefficient (Wildman–Crippen LogP) is 3.29. The van der Waals surface area contributed by atoms with Gasteiger partial charge in [0.25, 0.3) is 0 Å². The first-order valence-corrected chi connectivity index (χ1v) is 7.24. The molecule has 0 aliphatic carbocycles. The van der Waals surface area contributed by atoms with Crippen LogP contribution >= 0.6 is 11.3 Å². The van der Waals surface area contributed by atoms with Crippen LogP contribution in [0.25, 0.3) is 0 Å². The largest absolute Gasteiger partial charge is 0.491 e. The second-order valence-corrected chi connectivity index (χ2v) is 5.16. The number of nitrogens with zero attached hydrogens (tertiary/aromatic N) is 1. The van der Waals surface area contributed by atoms with Crippen molar-refractivity contribution in [2.24, 2.45) is 0 Å². The maximum atomic E-state index is 10.6. The lowest BCUT2D eigenvalue weighted by Crippen LogP contribution is -2.04. The van der Waals surface area contributed by atoms with Crippen molar-refractivity contribution in [3.8, 4) is 5.75 Å². The molecule has 0 aliphatic heterocycles. The predicted molar refractivity (Wildman–Crippen MR) is 82.1 cm³/mol. The highest BCUT2D eigenvalue weighted by Gasteiger charge is 2.09. The van der Waals surface area contributed by atoms with Gasteiger partial charge < -0.3 is 14.8 Å². The fourth-order valence-electron chi connectivity index (χ4n) is 1.69. The first kappa shape index (κ1) is 15.3. The fourth-order valence-corrected chi connectivity index (χ4v) is 2.42. The van der Waals surface area contributed by atoms with Crippen LogP contribution in [0.1, 0.15) is 5.56 Å². The molecule has 0 atom stereocenters. The van der Waals surface area contributed by atoms with Gasteiger partial charge in [0.2, 0.25) is 0 Å². The van der Waals surface area contributed by atoms with Crippen molar-refractivity contribution in [2.45, 2.75) is 6.54 Å². The van der Waals surface area contributed by atoms with Crippen molar-refractivity contribution in [3.63, 3.8) is 0 Å². The molecule has 6 nitrogen and oxygen atoms in total. The molecule has 1 N–H and O–H groups in total. The van der Waals surface area contributed by atoms with Gasteiger partial charge in [-0.1, -0.05) is 17.4 Å². The van der Waals surface area contributed by atoms with Crippen LogP contribution in [0.15, 0.2) is 35.7 Å². The van der Waals surface area contributed by atoms with E-state index in [4.69, 9.17) is 9.47 Å². The summed E-state index contributed by atoms with van der Waals surface area (Å²) in [4.78, 5) is 10.3. The number of anilines is 1. The molecule has 0 radical (unpaired) electrons. The van der Waals surface area contributed by atoms with Crippen LogP contribution in [-0.2, 0) is 11.3 Å². The van der Waals surface area contributed by atoms with Crippen molar-refractivity contribution < 1.29 is 14.4 Å². The van der Waals surface area contributed by atoms with E-state index < -0.39 is 0 Å². The summed E-state index contributed by atoms with van der Waals surface area (Å²) >= 11 is 1.13. The normalized spacial score (nSPS) is 10.3. The van der Waals surface area contributed by atoms with Crippen LogP contribution in [-0.4, -0.2) is 25.2 Å². The summed E-state index contributed by atoms with van der Waals surface area (Å²) < 4.78 is 10.4. The molecule has 0 bridgehead atoms. The van der Waals surface area contributed by atoms with Gasteiger partial charge in [0.15, 0.2) is 0 Å². The number of hydrogen-bond acceptors (Lipinski definition) is 6. The molecule has 112 valence electrons. The molecule has 0 saturated heterocycles. The lowest BCUT2D eigenvalue weighted by Gasteiger charge is -2.09. The van der Waals surface area contributed by atoms with Gasteiger partial charge in [-0.3, -0.25) is 10.1 Å². The summed E-state index contributed by atoms with van der Waals surface area (Å²) in [5, 5.41) is 15.8. The number of ether oxygens (including phenoxy) is 2. The Hall–Kier alpha value is -2.12. The van der Waals surface area contributed by atoms with Crippen LogP contribution in [0.3, 0.4) is 0 Å². The molecule has 1 aromatic heterocycles. The Balaban J connectivity index is 1.90. The second-order valence-electron chi connectivity index (χ2n) is 4.27. The fraction of sp³-hybridized carbons (Fsp3) is 0.286. The van der Waals surface area contributed by atoms with Crippen LogP contribution in [0.2, 0.25) is 0 Å². The Kier molecular flexibility index (Phi) is 5.53. The summed E-state index contributed by atoms with van der Waals surface area (Å²) in [7, 11) is 1.63. The number of hydrogen-bond donors (Lipinski definition) is 1. The van der Waals surface area contributed by atoms with E-state index in [0.29, 0.717) is 19.8 Å². The number of nitrogens with one attached hydrogen (secondary N) is 1. The van der Waals surface area contributed by atoms with Crippen LogP contribution in [0.5, 0.6) is 5.75 Å². The van der Waals surface area contributed by atoms with Crippen LogP contribution in [0, 0.1) is 10.1 Å². The Labute approximate surface area is 126 Å². The molecule has 1 heterocycles. The summed E-state index contributed by atoms with van der Waals surface area (Å²) in [5.74, 6) is 0.758. The molecule has 0 amide bonds. The highest BCUT2D eigenvalue weighted by atomic mass is 32.1. The SMILES string of the molecule is COCCOc1cccc(NCc2csc([N+](=O)[O-])c2)c1. The molecule has 0 fully saturated rings. The molecular formula is C14H16N2O4S. The van der Waals surface area contributed by atoms with E-state index in [9.17, 15) is 10.1 Å². The smallest absolute Gasteiger partial charge is 0.324 e. The minimum atomic E-state index is -0.377. The molecule has 0 aliphatic rings. The maximum Gasteiger partial charge on any atom is 0.324 e. The standard InChI is InChI=1S/C14H16N2O4S/c1-19-5-6-20-13-4-2-3-12(8-13)15-9-11-7-14(16(17)18)21-10-11/h2-4,7-8,10,15H,5-6,9H2,1H3. The van der Waals surface area contributed by atoms with Gasteiger partial charge in [-0.25, -0.2) is 0 Å². The van der Waals surface area contributed by atoms with E-state index in [0.717, 1.165) is 28.3 Å². The lowest BCUT2D eigenvalue weighted by molar-refractivity contribution is -0.380. The molecule has 2 rings (SSSR count). The highest BCUT2D eigenvalue weighted by molar-refractivity contribution is 7.13. The first-order chi connectivity index (χ1) is 10.2.